The van der Waals surface area contributed by atoms with Gasteiger partial charge in [-0.2, -0.15) is 0 Å². The number of rotatable bonds is 7. The van der Waals surface area contributed by atoms with E-state index in [-0.39, 0.29) is 0 Å². The Hall–Kier alpha value is -0.980. The predicted octanol–water partition coefficient (Wildman–Crippen LogP) is 4.73. The predicted molar refractivity (Wildman–Crippen MR) is 72.6 cm³/mol. The lowest BCUT2D eigenvalue weighted by molar-refractivity contribution is 0.530. The number of unbranched alkanes of at least 4 members (excludes halogenated alkanes) is 2. The topological polar surface area (TPSA) is 26.0 Å². The number of nitrogens with two attached hydrogens (primary N) is 1. The molecule has 0 heterocycles. The summed E-state index contributed by atoms with van der Waals surface area (Å²) < 4.78 is 0. The molecule has 1 aromatic rings. The maximum atomic E-state index is 6.06. The van der Waals surface area contributed by atoms with Crippen LogP contribution in [-0.2, 0) is 0 Å². The second-order valence-corrected chi connectivity index (χ2v) is 4.61. The molecule has 0 aliphatic heterocycles. The van der Waals surface area contributed by atoms with Crippen molar-refractivity contribution in [2.45, 2.75) is 58.3 Å². The van der Waals surface area contributed by atoms with Crippen LogP contribution in [-0.4, -0.2) is 0 Å². The summed E-state index contributed by atoms with van der Waals surface area (Å²) in [6.07, 6.45) is 7.75. The molecular formula is C15H25N. The van der Waals surface area contributed by atoms with E-state index in [0.29, 0.717) is 5.92 Å². The Kier molecular flexibility index (Phi) is 5.99. The largest absolute Gasteiger partial charge is 0.398 e. The smallest absolute Gasteiger partial charge is 0.0349 e. The molecule has 0 saturated heterocycles. The first kappa shape index (κ1) is 13.1. The summed E-state index contributed by atoms with van der Waals surface area (Å²) >= 11 is 0. The molecule has 1 rings (SSSR count). The molecule has 0 aliphatic rings. The fourth-order valence-corrected chi connectivity index (χ4v) is 2.33. The van der Waals surface area contributed by atoms with E-state index >= 15 is 0 Å². The average molecular weight is 219 g/mol. The monoisotopic (exact) mass is 219 g/mol. The summed E-state index contributed by atoms with van der Waals surface area (Å²) in [6, 6.07) is 8.35. The van der Waals surface area contributed by atoms with Crippen LogP contribution < -0.4 is 5.73 Å². The molecule has 0 bridgehead atoms. The SMILES string of the molecule is CCCCCC(CCC)c1ccccc1N. The molecule has 16 heavy (non-hydrogen) atoms. The van der Waals surface area contributed by atoms with Crippen LogP contribution in [0, 0.1) is 0 Å². The Morgan fingerprint density at radius 1 is 1.00 bits per heavy atom. The molecule has 0 saturated carbocycles. The minimum atomic E-state index is 0.665. The van der Waals surface area contributed by atoms with Crippen molar-refractivity contribution in [2.75, 3.05) is 5.73 Å². The molecule has 1 aromatic carbocycles. The van der Waals surface area contributed by atoms with Crippen LogP contribution in [0.25, 0.3) is 0 Å². The second kappa shape index (κ2) is 7.32. The van der Waals surface area contributed by atoms with Gasteiger partial charge in [-0.05, 0) is 30.4 Å². The summed E-state index contributed by atoms with van der Waals surface area (Å²) in [7, 11) is 0. The minimum Gasteiger partial charge on any atom is -0.398 e. The third kappa shape index (κ3) is 3.88. The Bertz CT molecular complexity index is 293. The molecule has 0 aromatic heterocycles. The van der Waals surface area contributed by atoms with Gasteiger partial charge < -0.3 is 5.73 Å². The van der Waals surface area contributed by atoms with Crippen molar-refractivity contribution in [1.82, 2.24) is 0 Å². The van der Waals surface area contributed by atoms with Crippen molar-refractivity contribution in [1.29, 1.82) is 0 Å². The van der Waals surface area contributed by atoms with E-state index < -0.39 is 0 Å². The summed E-state index contributed by atoms with van der Waals surface area (Å²) in [4.78, 5) is 0. The molecule has 90 valence electrons. The van der Waals surface area contributed by atoms with Gasteiger partial charge in [0.1, 0.15) is 0 Å². The van der Waals surface area contributed by atoms with Crippen LogP contribution in [0.15, 0.2) is 24.3 Å². The van der Waals surface area contributed by atoms with Crippen molar-refractivity contribution in [2.24, 2.45) is 0 Å². The maximum Gasteiger partial charge on any atom is 0.0349 e. The van der Waals surface area contributed by atoms with E-state index in [1.54, 1.807) is 0 Å². The highest BCUT2D eigenvalue weighted by molar-refractivity contribution is 5.48. The van der Waals surface area contributed by atoms with Crippen LogP contribution in [0.5, 0.6) is 0 Å². The summed E-state index contributed by atoms with van der Waals surface area (Å²) in [6.45, 7) is 4.51. The quantitative estimate of drug-likeness (QED) is 0.520. The van der Waals surface area contributed by atoms with E-state index in [4.69, 9.17) is 5.73 Å². The number of hydrogen-bond donors (Lipinski definition) is 1. The van der Waals surface area contributed by atoms with Crippen LogP contribution in [0.1, 0.15) is 63.9 Å². The normalized spacial score (nSPS) is 12.6. The fraction of sp³-hybridized carbons (Fsp3) is 0.600. The van der Waals surface area contributed by atoms with Crippen LogP contribution in [0.2, 0.25) is 0 Å². The summed E-state index contributed by atoms with van der Waals surface area (Å²) in [5.41, 5.74) is 8.39. The van der Waals surface area contributed by atoms with Crippen molar-refractivity contribution in [3.8, 4) is 0 Å². The first-order valence-electron chi connectivity index (χ1n) is 6.64. The number of anilines is 1. The highest BCUT2D eigenvalue weighted by Gasteiger charge is 2.12. The van der Waals surface area contributed by atoms with E-state index in [1.807, 2.05) is 12.1 Å². The molecule has 1 nitrogen and oxygen atoms in total. The number of benzene rings is 1. The third-order valence-electron chi connectivity index (χ3n) is 3.23. The van der Waals surface area contributed by atoms with Crippen molar-refractivity contribution in [3.05, 3.63) is 29.8 Å². The first-order valence-corrected chi connectivity index (χ1v) is 6.64. The average Bonchev–Trinajstić information content (AvgIpc) is 2.29. The Labute approximate surface area is 100 Å². The molecule has 0 amide bonds. The first-order chi connectivity index (χ1) is 7.79. The van der Waals surface area contributed by atoms with E-state index in [2.05, 4.69) is 26.0 Å². The second-order valence-electron chi connectivity index (χ2n) is 4.61. The molecule has 1 atom stereocenters. The van der Waals surface area contributed by atoms with Gasteiger partial charge in [-0.15, -0.1) is 0 Å². The number of hydrogen-bond acceptors (Lipinski definition) is 1. The molecule has 0 radical (unpaired) electrons. The van der Waals surface area contributed by atoms with Gasteiger partial charge in [-0.3, -0.25) is 0 Å². The highest BCUT2D eigenvalue weighted by Crippen LogP contribution is 2.30. The van der Waals surface area contributed by atoms with Gasteiger partial charge in [0.2, 0.25) is 0 Å². The number of para-hydroxylation sites is 1. The van der Waals surface area contributed by atoms with Crippen LogP contribution in [0.3, 0.4) is 0 Å². The maximum absolute atomic E-state index is 6.06. The van der Waals surface area contributed by atoms with Crippen LogP contribution >= 0.6 is 0 Å². The zero-order valence-electron chi connectivity index (χ0n) is 10.7. The van der Waals surface area contributed by atoms with E-state index in [1.165, 1.54) is 44.1 Å². The van der Waals surface area contributed by atoms with Gasteiger partial charge in [0.05, 0.1) is 0 Å². The van der Waals surface area contributed by atoms with E-state index in [9.17, 15) is 0 Å². The zero-order valence-corrected chi connectivity index (χ0v) is 10.7. The van der Waals surface area contributed by atoms with Gasteiger partial charge in [0.15, 0.2) is 0 Å². The van der Waals surface area contributed by atoms with Crippen molar-refractivity contribution >= 4 is 5.69 Å². The lowest BCUT2D eigenvalue weighted by Gasteiger charge is -2.18. The lowest BCUT2D eigenvalue weighted by atomic mass is 9.88. The van der Waals surface area contributed by atoms with Gasteiger partial charge in [0.25, 0.3) is 0 Å². The Morgan fingerprint density at radius 2 is 1.75 bits per heavy atom. The molecule has 1 unspecified atom stereocenters. The van der Waals surface area contributed by atoms with E-state index in [0.717, 1.165) is 5.69 Å². The molecular weight excluding hydrogens is 194 g/mol. The molecule has 0 fully saturated rings. The minimum absolute atomic E-state index is 0.665. The molecule has 1 heteroatoms. The lowest BCUT2D eigenvalue weighted by Crippen LogP contribution is -2.03. The third-order valence-corrected chi connectivity index (χ3v) is 3.23. The van der Waals surface area contributed by atoms with Gasteiger partial charge in [0, 0.05) is 5.69 Å². The molecule has 0 spiro atoms. The highest BCUT2D eigenvalue weighted by atomic mass is 14.6. The molecule has 2 N–H and O–H groups in total. The Morgan fingerprint density at radius 3 is 2.38 bits per heavy atom. The fourth-order valence-electron chi connectivity index (χ4n) is 2.33. The Balaban J connectivity index is 2.65. The van der Waals surface area contributed by atoms with Crippen molar-refractivity contribution in [3.63, 3.8) is 0 Å². The summed E-state index contributed by atoms with van der Waals surface area (Å²) in [5, 5.41) is 0. The molecule has 0 aliphatic carbocycles. The standard InChI is InChI=1S/C15H25N/c1-3-5-6-10-13(9-4-2)14-11-7-8-12-15(14)16/h7-8,11-13H,3-6,9-10,16H2,1-2H3. The summed E-state index contributed by atoms with van der Waals surface area (Å²) in [5.74, 6) is 0.665. The zero-order chi connectivity index (χ0) is 11.8. The van der Waals surface area contributed by atoms with Crippen LogP contribution in [0.4, 0.5) is 5.69 Å². The van der Waals surface area contributed by atoms with Gasteiger partial charge in [-0.1, -0.05) is 57.7 Å². The van der Waals surface area contributed by atoms with Gasteiger partial charge >= 0.3 is 0 Å². The number of nitrogen functional groups attached to an aromatic ring is 1. The van der Waals surface area contributed by atoms with Gasteiger partial charge in [-0.25, -0.2) is 0 Å². The van der Waals surface area contributed by atoms with Crippen molar-refractivity contribution < 1.29 is 0 Å².